The molecule has 5 nitrogen and oxygen atoms in total. The molecule has 1 amide bonds. The Morgan fingerprint density at radius 3 is 2.74 bits per heavy atom. The van der Waals surface area contributed by atoms with Gasteiger partial charge in [-0.25, -0.2) is 0 Å². The Hall–Kier alpha value is -1.54. The lowest BCUT2D eigenvalue weighted by atomic mass is 10.2. The Labute approximate surface area is 176 Å². The molecule has 27 heavy (non-hydrogen) atoms. The van der Waals surface area contributed by atoms with E-state index in [0.717, 1.165) is 28.0 Å². The molecule has 0 fully saturated rings. The van der Waals surface area contributed by atoms with Crippen molar-refractivity contribution in [1.29, 1.82) is 0 Å². The largest absolute Gasteiger partial charge is 0.341 e. The normalized spacial score (nSPS) is 11.0. The van der Waals surface area contributed by atoms with Crippen molar-refractivity contribution in [2.24, 2.45) is 0 Å². The predicted octanol–water partition coefficient (Wildman–Crippen LogP) is 5.08. The van der Waals surface area contributed by atoms with Crippen LogP contribution in [-0.2, 0) is 17.9 Å². The minimum atomic E-state index is 0.00870. The maximum atomic E-state index is 12.5. The van der Waals surface area contributed by atoms with E-state index in [2.05, 4.69) is 10.2 Å². The van der Waals surface area contributed by atoms with Gasteiger partial charge in [0.1, 0.15) is 0 Å². The molecule has 0 unspecified atom stereocenters. The molecule has 0 spiro atoms. The number of carbonyl (C=O) groups is 1. The average Bonchev–Trinajstić information content (AvgIpc) is 3.31. The zero-order valence-electron chi connectivity index (χ0n) is 14.9. The topological polar surface area (TPSA) is 51.0 Å². The number of hydrogen-bond donors (Lipinski definition) is 0. The van der Waals surface area contributed by atoms with Gasteiger partial charge in [-0.2, -0.15) is 0 Å². The van der Waals surface area contributed by atoms with Crippen LogP contribution in [0.2, 0.25) is 10.0 Å². The first kappa shape index (κ1) is 20.2. The van der Waals surface area contributed by atoms with Crippen LogP contribution in [0, 0.1) is 0 Å². The van der Waals surface area contributed by atoms with Gasteiger partial charge in [-0.15, -0.1) is 21.5 Å². The zero-order chi connectivity index (χ0) is 19.4. The predicted molar refractivity (Wildman–Crippen MR) is 113 cm³/mol. The third-order valence-corrected chi connectivity index (χ3v) is 6.49. The van der Waals surface area contributed by atoms with Gasteiger partial charge < -0.3 is 9.47 Å². The lowest BCUT2D eigenvalue weighted by Crippen LogP contribution is -2.27. The SMILES string of the molecule is CCn1c(SCC(=O)N(C)Cc2ccc(Cl)c(Cl)c2)nnc1-c1cccs1. The molecule has 9 heteroatoms. The summed E-state index contributed by atoms with van der Waals surface area (Å²) in [6.07, 6.45) is 0. The van der Waals surface area contributed by atoms with Gasteiger partial charge in [-0.3, -0.25) is 4.79 Å². The molecule has 2 aromatic heterocycles. The van der Waals surface area contributed by atoms with Gasteiger partial charge in [0.05, 0.1) is 20.7 Å². The molecular weight excluding hydrogens is 423 g/mol. The summed E-state index contributed by atoms with van der Waals surface area (Å²) in [5.41, 5.74) is 0.932. The second kappa shape index (κ2) is 9.10. The maximum Gasteiger partial charge on any atom is 0.233 e. The lowest BCUT2D eigenvalue weighted by Gasteiger charge is -2.17. The molecule has 3 rings (SSSR count). The number of nitrogens with zero attached hydrogens (tertiary/aromatic N) is 4. The van der Waals surface area contributed by atoms with E-state index in [1.165, 1.54) is 11.8 Å². The van der Waals surface area contributed by atoms with E-state index in [9.17, 15) is 4.79 Å². The van der Waals surface area contributed by atoms with Crippen molar-refractivity contribution in [3.63, 3.8) is 0 Å². The summed E-state index contributed by atoms with van der Waals surface area (Å²) in [7, 11) is 1.77. The zero-order valence-corrected chi connectivity index (χ0v) is 18.0. The number of carbonyl (C=O) groups excluding carboxylic acids is 1. The third-order valence-electron chi connectivity index (χ3n) is 3.93. The molecule has 0 atom stereocenters. The standard InChI is InChI=1S/C18H18Cl2N4OS2/c1-3-24-17(15-5-4-8-26-15)21-22-18(24)27-11-16(25)23(2)10-12-6-7-13(19)14(20)9-12/h4-9H,3,10-11H2,1-2H3. The summed E-state index contributed by atoms with van der Waals surface area (Å²) in [5.74, 6) is 1.14. The van der Waals surface area contributed by atoms with Crippen molar-refractivity contribution in [1.82, 2.24) is 19.7 Å². The Morgan fingerprint density at radius 2 is 2.07 bits per heavy atom. The molecule has 0 aliphatic carbocycles. The van der Waals surface area contributed by atoms with E-state index in [0.29, 0.717) is 22.3 Å². The molecule has 0 saturated heterocycles. The summed E-state index contributed by atoms with van der Waals surface area (Å²) < 4.78 is 2.03. The van der Waals surface area contributed by atoms with Crippen LogP contribution in [-0.4, -0.2) is 38.4 Å². The van der Waals surface area contributed by atoms with Crippen molar-refractivity contribution >= 4 is 52.2 Å². The summed E-state index contributed by atoms with van der Waals surface area (Å²) in [6, 6.07) is 9.39. The van der Waals surface area contributed by atoms with Gasteiger partial charge in [-0.05, 0) is 36.1 Å². The van der Waals surface area contributed by atoms with Gasteiger partial charge in [0.25, 0.3) is 0 Å². The number of hydrogen-bond acceptors (Lipinski definition) is 5. The van der Waals surface area contributed by atoms with Crippen LogP contribution < -0.4 is 0 Å². The molecule has 0 radical (unpaired) electrons. The molecule has 142 valence electrons. The molecule has 3 aromatic rings. The third kappa shape index (κ3) is 4.85. The highest BCUT2D eigenvalue weighted by molar-refractivity contribution is 7.99. The number of amides is 1. The molecule has 0 aliphatic heterocycles. The molecule has 0 aliphatic rings. The van der Waals surface area contributed by atoms with Crippen molar-refractivity contribution in [3.8, 4) is 10.7 Å². The monoisotopic (exact) mass is 440 g/mol. The van der Waals surface area contributed by atoms with Gasteiger partial charge in [0.2, 0.25) is 5.91 Å². The van der Waals surface area contributed by atoms with Crippen LogP contribution >= 0.6 is 46.3 Å². The van der Waals surface area contributed by atoms with Crippen molar-refractivity contribution in [2.45, 2.75) is 25.2 Å². The van der Waals surface area contributed by atoms with Crippen LogP contribution in [0.5, 0.6) is 0 Å². The van der Waals surface area contributed by atoms with E-state index in [-0.39, 0.29) is 5.91 Å². The quantitative estimate of drug-likeness (QED) is 0.480. The molecule has 1 aromatic carbocycles. The van der Waals surface area contributed by atoms with Gasteiger partial charge >= 0.3 is 0 Å². The van der Waals surface area contributed by atoms with Crippen molar-refractivity contribution in [3.05, 3.63) is 51.3 Å². The Balaban J connectivity index is 1.62. The highest BCUT2D eigenvalue weighted by atomic mass is 35.5. The van der Waals surface area contributed by atoms with Crippen molar-refractivity contribution < 1.29 is 4.79 Å². The first-order valence-electron chi connectivity index (χ1n) is 8.27. The molecule has 0 N–H and O–H groups in total. The number of halogens is 2. The van der Waals surface area contributed by atoms with Crippen LogP contribution in [0.25, 0.3) is 10.7 Å². The Kier molecular flexibility index (Phi) is 6.81. The fourth-order valence-corrected chi connectivity index (χ4v) is 4.49. The number of thioether (sulfide) groups is 1. The van der Waals surface area contributed by atoms with Crippen LogP contribution in [0.3, 0.4) is 0 Å². The highest BCUT2D eigenvalue weighted by Gasteiger charge is 2.17. The minimum Gasteiger partial charge on any atom is -0.341 e. The second-order valence-corrected chi connectivity index (χ2v) is 8.52. The Morgan fingerprint density at radius 1 is 1.26 bits per heavy atom. The molecule has 2 heterocycles. The van der Waals surface area contributed by atoms with Gasteiger partial charge in [0, 0.05) is 20.1 Å². The maximum absolute atomic E-state index is 12.5. The minimum absolute atomic E-state index is 0.00870. The fraction of sp³-hybridized carbons (Fsp3) is 0.278. The van der Waals surface area contributed by atoms with E-state index in [4.69, 9.17) is 23.2 Å². The second-order valence-electron chi connectivity index (χ2n) is 5.81. The van der Waals surface area contributed by atoms with Crippen LogP contribution in [0.1, 0.15) is 12.5 Å². The number of aromatic nitrogens is 3. The lowest BCUT2D eigenvalue weighted by molar-refractivity contribution is -0.127. The van der Waals surface area contributed by atoms with Crippen LogP contribution in [0.4, 0.5) is 0 Å². The van der Waals surface area contributed by atoms with E-state index in [1.54, 1.807) is 35.4 Å². The van der Waals surface area contributed by atoms with Gasteiger partial charge in [-0.1, -0.05) is 47.1 Å². The number of rotatable bonds is 7. The van der Waals surface area contributed by atoms with Crippen LogP contribution in [0.15, 0.2) is 40.9 Å². The van der Waals surface area contributed by atoms with E-state index < -0.39 is 0 Å². The highest BCUT2D eigenvalue weighted by Crippen LogP contribution is 2.27. The fourth-order valence-electron chi connectivity index (χ4n) is 2.51. The summed E-state index contributed by atoms with van der Waals surface area (Å²) in [4.78, 5) is 15.2. The smallest absolute Gasteiger partial charge is 0.233 e. The number of thiophene rings is 1. The van der Waals surface area contributed by atoms with Crippen molar-refractivity contribution in [2.75, 3.05) is 12.8 Å². The average molecular weight is 441 g/mol. The van der Waals surface area contributed by atoms with E-state index in [1.807, 2.05) is 35.1 Å². The first-order chi connectivity index (χ1) is 13.0. The first-order valence-corrected chi connectivity index (χ1v) is 10.9. The Bertz CT molecular complexity index is 928. The summed E-state index contributed by atoms with van der Waals surface area (Å²) in [6.45, 7) is 3.26. The van der Waals surface area contributed by atoms with Gasteiger partial charge in [0.15, 0.2) is 11.0 Å². The summed E-state index contributed by atoms with van der Waals surface area (Å²) >= 11 is 15.0. The summed E-state index contributed by atoms with van der Waals surface area (Å²) in [5, 5.41) is 12.3. The van der Waals surface area contributed by atoms with E-state index >= 15 is 0 Å². The number of benzene rings is 1. The molecule has 0 bridgehead atoms. The molecule has 0 saturated carbocycles. The molecular formula is C18H18Cl2N4OS2.